The largest absolute Gasteiger partial charge is 0.378 e. The van der Waals surface area contributed by atoms with Crippen molar-refractivity contribution in [2.75, 3.05) is 0 Å². The molecule has 0 aliphatic rings. The summed E-state index contributed by atoms with van der Waals surface area (Å²) in [6, 6.07) is 19.1. The summed E-state index contributed by atoms with van der Waals surface area (Å²) in [4.78, 5) is 8.53. The summed E-state index contributed by atoms with van der Waals surface area (Å²) in [7, 11) is 2.57. The van der Waals surface area contributed by atoms with Gasteiger partial charge in [-0.15, -0.1) is 0 Å². The molecule has 0 amide bonds. The van der Waals surface area contributed by atoms with Crippen molar-refractivity contribution in [3.63, 3.8) is 0 Å². The van der Waals surface area contributed by atoms with Crippen LogP contribution in [-0.4, -0.2) is 10.3 Å². The molecule has 20 heavy (non-hydrogen) atoms. The van der Waals surface area contributed by atoms with Gasteiger partial charge in [0.1, 0.15) is 0 Å². The molecule has 0 unspecified atom stereocenters. The quantitative estimate of drug-likeness (QED) is 0.504. The average molecular weight is 302 g/mol. The highest BCUT2D eigenvalue weighted by molar-refractivity contribution is 8.87. The van der Waals surface area contributed by atoms with Crippen LogP contribution in [0.5, 0.6) is 0 Å². The Hall–Kier alpha value is -1.92. The maximum Gasteiger partial charge on any atom is 0.170 e. The fourth-order valence-electron chi connectivity index (χ4n) is 1.38. The Balaban J connectivity index is 1.92. The molecule has 0 radical (unpaired) electrons. The number of benzene rings is 2. The van der Waals surface area contributed by atoms with Crippen LogP contribution >= 0.6 is 21.6 Å². The standard InChI is InChI=1S/C14H14N4S2/c15-13(17-11-7-3-1-4-8-11)19-20-14(16)18-12-9-5-2-6-10-12/h1-10H,(H2,15,17)(H2,16,18). The maximum absolute atomic E-state index is 5.83. The van der Waals surface area contributed by atoms with Gasteiger partial charge in [-0.05, 0) is 45.9 Å². The molecule has 0 heterocycles. The Bertz CT molecular complexity index is 542. The minimum atomic E-state index is 0.437. The van der Waals surface area contributed by atoms with E-state index in [1.54, 1.807) is 0 Å². The molecule has 0 saturated heterocycles. The lowest BCUT2D eigenvalue weighted by Gasteiger charge is -2.00. The topological polar surface area (TPSA) is 76.8 Å². The number of hydrogen-bond acceptors (Lipinski definition) is 4. The van der Waals surface area contributed by atoms with Gasteiger partial charge in [0.05, 0.1) is 11.4 Å². The van der Waals surface area contributed by atoms with Gasteiger partial charge < -0.3 is 11.5 Å². The molecule has 102 valence electrons. The van der Waals surface area contributed by atoms with Crippen LogP contribution in [0, 0.1) is 0 Å². The van der Waals surface area contributed by atoms with Crippen molar-refractivity contribution >= 4 is 43.3 Å². The Morgan fingerprint density at radius 3 is 1.35 bits per heavy atom. The van der Waals surface area contributed by atoms with E-state index < -0.39 is 0 Å². The van der Waals surface area contributed by atoms with E-state index in [1.165, 1.54) is 21.6 Å². The van der Waals surface area contributed by atoms with Crippen LogP contribution in [0.4, 0.5) is 11.4 Å². The van der Waals surface area contributed by atoms with E-state index in [2.05, 4.69) is 9.98 Å². The number of hydrogen-bond donors (Lipinski definition) is 2. The lowest BCUT2D eigenvalue weighted by atomic mass is 10.3. The zero-order chi connectivity index (χ0) is 14.2. The second-order valence-electron chi connectivity index (χ2n) is 3.74. The first kappa shape index (κ1) is 14.5. The number of aliphatic imine (C=N–C) groups is 2. The predicted octanol–water partition coefficient (Wildman–Crippen LogP) is 3.66. The smallest absolute Gasteiger partial charge is 0.170 e. The molecule has 0 spiro atoms. The highest BCUT2D eigenvalue weighted by atomic mass is 33.1. The lowest BCUT2D eigenvalue weighted by molar-refractivity contribution is 1.51. The Morgan fingerprint density at radius 1 is 0.650 bits per heavy atom. The van der Waals surface area contributed by atoms with Crippen LogP contribution in [0.25, 0.3) is 0 Å². The maximum atomic E-state index is 5.83. The van der Waals surface area contributed by atoms with Crippen molar-refractivity contribution in [3.8, 4) is 0 Å². The van der Waals surface area contributed by atoms with E-state index >= 15 is 0 Å². The number of nitrogens with zero attached hydrogens (tertiary/aromatic N) is 2. The molecule has 0 aliphatic carbocycles. The van der Waals surface area contributed by atoms with Gasteiger partial charge in [-0.1, -0.05) is 36.4 Å². The normalized spacial score (nSPS) is 12.4. The summed E-state index contributed by atoms with van der Waals surface area (Å²) in [5.41, 5.74) is 13.3. The third-order valence-electron chi connectivity index (χ3n) is 2.20. The first-order valence-corrected chi connectivity index (χ1v) is 8.02. The third-order valence-corrected chi connectivity index (χ3v) is 4.09. The minimum absolute atomic E-state index is 0.437. The Kier molecular flexibility index (Phi) is 5.52. The van der Waals surface area contributed by atoms with Crippen LogP contribution in [0.3, 0.4) is 0 Å². The van der Waals surface area contributed by atoms with Crippen molar-refractivity contribution in [1.29, 1.82) is 0 Å². The fraction of sp³-hybridized carbons (Fsp3) is 0. The van der Waals surface area contributed by atoms with Crippen molar-refractivity contribution in [2.24, 2.45) is 21.5 Å². The van der Waals surface area contributed by atoms with Crippen molar-refractivity contribution < 1.29 is 0 Å². The van der Waals surface area contributed by atoms with E-state index in [1.807, 2.05) is 60.7 Å². The molecule has 4 nitrogen and oxygen atoms in total. The van der Waals surface area contributed by atoms with Gasteiger partial charge in [-0.3, -0.25) is 0 Å². The van der Waals surface area contributed by atoms with E-state index in [-0.39, 0.29) is 0 Å². The Morgan fingerprint density at radius 2 is 1.00 bits per heavy atom. The first-order chi connectivity index (χ1) is 9.74. The molecule has 2 rings (SSSR count). The summed E-state index contributed by atoms with van der Waals surface area (Å²) in [6.07, 6.45) is 0. The monoisotopic (exact) mass is 302 g/mol. The van der Waals surface area contributed by atoms with Gasteiger partial charge in [0.15, 0.2) is 10.3 Å². The van der Waals surface area contributed by atoms with Crippen molar-refractivity contribution in [2.45, 2.75) is 0 Å². The fourth-order valence-corrected chi connectivity index (χ4v) is 2.57. The molecular weight excluding hydrogens is 288 g/mol. The highest BCUT2D eigenvalue weighted by Gasteiger charge is 2.00. The molecule has 2 aromatic rings. The van der Waals surface area contributed by atoms with E-state index in [0.29, 0.717) is 10.3 Å². The van der Waals surface area contributed by atoms with Crippen LogP contribution in [0.15, 0.2) is 70.6 Å². The zero-order valence-corrected chi connectivity index (χ0v) is 12.3. The number of nitrogens with two attached hydrogens (primary N) is 2. The predicted molar refractivity (Wildman–Crippen MR) is 90.6 cm³/mol. The van der Waals surface area contributed by atoms with E-state index in [0.717, 1.165) is 11.4 Å². The second-order valence-corrected chi connectivity index (χ2v) is 5.91. The molecule has 2 aromatic carbocycles. The highest BCUT2D eigenvalue weighted by Crippen LogP contribution is 2.24. The molecule has 0 saturated carbocycles. The molecule has 0 atom stereocenters. The number of rotatable bonds is 2. The summed E-state index contributed by atoms with van der Waals surface area (Å²) < 4.78 is 0. The Labute approximate surface area is 125 Å². The molecule has 0 bridgehead atoms. The zero-order valence-electron chi connectivity index (χ0n) is 10.6. The van der Waals surface area contributed by atoms with Crippen LogP contribution in [0.1, 0.15) is 0 Å². The second kappa shape index (κ2) is 7.62. The third kappa shape index (κ3) is 4.99. The van der Waals surface area contributed by atoms with E-state index in [4.69, 9.17) is 11.5 Å². The van der Waals surface area contributed by atoms with Crippen molar-refractivity contribution in [1.82, 2.24) is 0 Å². The minimum Gasteiger partial charge on any atom is -0.378 e. The molecule has 0 aliphatic heterocycles. The van der Waals surface area contributed by atoms with Gasteiger partial charge in [-0.25, -0.2) is 9.98 Å². The first-order valence-electron chi connectivity index (χ1n) is 5.87. The number of amidine groups is 2. The SMILES string of the molecule is NC(=Nc1ccccc1)SSC(N)=Nc1ccccc1. The van der Waals surface area contributed by atoms with Gasteiger partial charge in [0, 0.05) is 0 Å². The summed E-state index contributed by atoms with van der Waals surface area (Å²) >= 11 is 0. The van der Waals surface area contributed by atoms with Crippen LogP contribution in [-0.2, 0) is 0 Å². The molecule has 6 heteroatoms. The summed E-state index contributed by atoms with van der Waals surface area (Å²) in [5.74, 6) is 0. The average Bonchev–Trinajstić information content (AvgIpc) is 2.47. The molecule has 0 fully saturated rings. The lowest BCUT2D eigenvalue weighted by Crippen LogP contribution is -2.08. The van der Waals surface area contributed by atoms with Gasteiger partial charge in [0.2, 0.25) is 0 Å². The molecular formula is C14H14N4S2. The van der Waals surface area contributed by atoms with Crippen molar-refractivity contribution in [3.05, 3.63) is 60.7 Å². The molecule has 0 aromatic heterocycles. The van der Waals surface area contributed by atoms with Gasteiger partial charge in [0.25, 0.3) is 0 Å². The summed E-state index contributed by atoms with van der Waals surface area (Å²) in [5, 5.41) is 0.875. The van der Waals surface area contributed by atoms with Crippen LogP contribution in [0.2, 0.25) is 0 Å². The summed E-state index contributed by atoms with van der Waals surface area (Å²) in [6.45, 7) is 0. The van der Waals surface area contributed by atoms with Gasteiger partial charge in [-0.2, -0.15) is 0 Å². The van der Waals surface area contributed by atoms with Gasteiger partial charge >= 0.3 is 0 Å². The molecule has 4 N–H and O–H groups in total. The van der Waals surface area contributed by atoms with E-state index in [9.17, 15) is 0 Å². The van der Waals surface area contributed by atoms with Crippen LogP contribution < -0.4 is 11.5 Å². The number of para-hydroxylation sites is 2.